The number of nitrogens with one attached hydrogen (secondary N) is 1. The highest BCUT2D eigenvalue weighted by Crippen LogP contribution is 2.34. The highest BCUT2D eigenvalue weighted by atomic mass is 35.5. The van der Waals surface area contributed by atoms with E-state index in [2.05, 4.69) is 25.3 Å². The minimum absolute atomic E-state index is 0.0508. The number of hydrogen-bond donors (Lipinski definition) is 2. The molecule has 0 aliphatic rings. The summed E-state index contributed by atoms with van der Waals surface area (Å²) in [6.07, 6.45) is 0. The molecule has 0 amide bonds. The maximum Gasteiger partial charge on any atom is 0.0931 e. The molecule has 1 atom stereocenters. The summed E-state index contributed by atoms with van der Waals surface area (Å²) < 4.78 is 0.792. The van der Waals surface area contributed by atoms with Gasteiger partial charge in [0, 0.05) is 14.6 Å². The summed E-state index contributed by atoms with van der Waals surface area (Å²) in [5.74, 6) is 5.63. The van der Waals surface area contributed by atoms with E-state index < -0.39 is 0 Å². The maximum atomic E-state index is 5.94. The van der Waals surface area contributed by atoms with E-state index in [1.54, 1.807) is 22.7 Å². The van der Waals surface area contributed by atoms with Gasteiger partial charge in [-0.15, -0.1) is 22.7 Å². The van der Waals surface area contributed by atoms with Crippen molar-refractivity contribution in [3.63, 3.8) is 0 Å². The van der Waals surface area contributed by atoms with Crippen LogP contribution in [-0.4, -0.2) is 0 Å². The van der Waals surface area contributed by atoms with Crippen molar-refractivity contribution in [1.82, 2.24) is 5.43 Å². The van der Waals surface area contributed by atoms with Crippen molar-refractivity contribution < 1.29 is 0 Å². The number of hydrazine groups is 1. The molecule has 16 heavy (non-hydrogen) atoms. The van der Waals surface area contributed by atoms with Crippen molar-refractivity contribution in [3.8, 4) is 0 Å². The van der Waals surface area contributed by atoms with Crippen molar-refractivity contribution in [2.75, 3.05) is 0 Å². The Labute approximate surface area is 108 Å². The minimum atomic E-state index is 0.0508. The Morgan fingerprint density at radius 3 is 2.44 bits per heavy atom. The molecule has 0 spiro atoms. The van der Waals surface area contributed by atoms with E-state index in [1.807, 2.05) is 12.1 Å². The first-order valence-electron chi connectivity index (χ1n) is 4.90. The number of rotatable bonds is 3. The fraction of sp³-hybridized carbons (Fsp3) is 0.273. The third-order valence-electron chi connectivity index (χ3n) is 2.51. The van der Waals surface area contributed by atoms with Crippen LogP contribution in [0.4, 0.5) is 0 Å². The number of nitrogens with two attached hydrogens (primary N) is 1. The Kier molecular flexibility index (Phi) is 3.66. The van der Waals surface area contributed by atoms with Crippen molar-refractivity contribution in [2.45, 2.75) is 19.9 Å². The fourth-order valence-corrected chi connectivity index (χ4v) is 3.87. The lowest BCUT2D eigenvalue weighted by Gasteiger charge is -2.11. The maximum absolute atomic E-state index is 5.94. The Hall–Kier alpha value is -0.390. The molecular formula is C11H13ClN2S2. The monoisotopic (exact) mass is 272 g/mol. The second-order valence-corrected chi connectivity index (χ2v) is 6.66. The standard InChI is InChI=1S/C11H13ClN2S2/c1-6-5-9(15-7(6)2)11(14-13)8-3-4-10(12)16-8/h3-5,11,14H,13H2,1-2H3. The van der Waals surface area contributed by atoms with Crippen molar-refractivity contribution in [1.29, 1.82) is 0 Å². The Morgan fingerprint density at radius 2 is 2.00 bits per heavy atom. The van der Waals surface area contributed by atoms with Crippen LogP contribution in [0.5, 0.6) is 0 Å². The zero-order valence-corrected chi connectivity index (χ0v) is 11.5. The van der Waals surface area contributed by atoms with Gasteiger partial charge < -0.3 is 0 Å². The van der Waals surface area contributed by atoms with Crippen LogP contribution in [0.15, 0.2) is 18.2 Å². The first-order valence-corrected chi connectivity index (χ1v) is 6.91. The molecule has 0 aromatic carbocycles. The van der Waals surface area contributed by atoms with Crippen molar-refractivity contribution in [3.05, 3.63) is 42.7 Å². The molecule has 0 radical (unpaired) electrons. The molecule has 0 bridgehead atoms. The van der Waals surface area contributed by atoms with Gasteiger partial charge in [-0.1, -0.05) is 11.6 Å². The summed E-state index contributed by atoms with van der Waals surface area (Å²) in [5, 5.41) is 0. The van der Waals surface area contributed by atoms with E-state index in [0.29, 0.717) is 0 Å². The van der Waals surface area contributed by atoms with Gasteiger partial charge in [-0.2, -0.15) is 0 Å². The average Bonchev–Trinajstić information content (AvgIpc) is 2.77. The third-order valence-corrected chi connectivity index (χ3v) is 5.03. The van der Waals surface area contributed by atoms with Gasteiger partial charge in [0.2, 0.25) is 0 Å². The normalized spacial score (nSPS) is 13.0. The van der Waals surface area contributed by atoms with Crippen LogP contribution in [0.1, 0.15) is 26.2 Å². The fourth-order valence-electron chi connectivity index (χ4n) is 1.53. The zero-order valence-electron chi connectivity index (χ0n) is 9.08. The van der Waals surface area contributed by atoms with Crippen LogP contribution in [0, 0.1) is 13.8 Å². The predicted octanol–water partition coefficient (Wildman–Crippen LogP) is 3.63. The quantitative estimate of drug-likeness (QED) is 0.661. The second kappa shape index (κ2) is 4.85. The average molecular weight is 273 g/mol. The van der Waals surface area contributed by atoms with Gasteiger partial charge >= 0.3 is 0 Å². The van der Waals surface area contributed by atoms with Crippen LogP contribution in [0.25, 0.3) is 0 Å². The van der Waals surface area contributed by atoms with Crippen molar-refractivity contribution in [2.24, 2.45) is 5.84 Å². The molecule has 5 heteroatoms. The van der Waals surface area contributed by atoms with Gasteiger partial charge in [-0.05, 0) is 37.6 Å². The molecule has 2 aromatic rings. The van der Waals surface area contributed by atoms with E-state index in [-0.39, 0.29) is 6.04 Å². The molecule has 2 nitrogen and oxygen atoms in total. The number of hydrogen-bond acceptors (Lipinski definition) is 4. The highest BCUT2D eigenvalue weighted by Gasteiger charge is 2.17. The van der Waals surface area contributed by atoms with E-state index in [4.69, 9.17) is 17.4 Å². The summed E-state index contributed by atoms with van der Waals surface area (Å²) in [6.45, 7) is 4.24. The van der Waals surface area contributed by atoms with E-state index in [1.165, 1.54) is 15.3 Å². The predicted molar refractivity (Wildman–Crippen MR) is 72.3 cm³/mol. The van der Waals surface area contributed by atoms with Gasteiger partial charge in [0.25, 0.3) is 0 Å². The van der Waals surface area contributed by atoms with Crippen LogP contribution in [-0.2, 0) is 0 Å². The molecule has 2 aromatic heterocycles. The van der Waals surface area contributed by atoms with Crippen LogP contribution >= 0.6 is 34.3 Å². The van der Waals surface area contributed by atoms with E-state index >= 15 is 0 Å². The molecule has 0 saturated carbocycles. The second-order valence-electron chi connectivity index (χ2n) is 3.63. The Bertz CT molecular complexity index is 470. The molecule has 0 aliphatic carbocycles. The number of aryl methyl sites for hydroxylation is 2. The Balaban J connectivity index is 2.36. The van der Waals surface area contributed by atoms with E-state index in [9.17, 15) is 0 Å². The lowest BCUT2D eigenvalue weighted by Crippen LogP contribution is -2.27. The molecule has 0 fully saturated rings. The van der Waals surface area contributed by atoms with Gasteiger partial charge in [-0.25, -0.2) is 5.43 Å². The topological polar surface area (TPSA) is 38.0 Å². The molecule has 1 unspecified atom stereocenters. The van der Waals surface area contributed by atoms with E-state index in [0.717, 1.165) is 9.21 Å². The van der Waals surface area contributed by atoms with Crippen LogP contribution in [0.3, 0.4) is 0 Å². The molecule has 2 rings (SSSR count). The lowest BCUT2D eigenvalue weighted by molar-refractivity contribution is 0.656. The van der Waals surface area contributed by atoms with Gasteiger partial charge in [0.1, 0.15) is 0 Å². The van der Waals surface area contributed by atoms with Gasteiger partial charge in [0.15, 0.2) is 0 Å². The first kappa shape index (κ1) is 12.1. The summed E-state index contributed by atoms with van der Waals surface area (Å²) >= 11 is 9.27. The van der Waals surface area contributed by atoms with Gasteiger partial charge in [0.05, 0.1) is 10.4 Å². The minimum Gasteiger partial charge on any atom is -0.271 e. The summed E-state index contributed by atoms with van der Waals surface area (Å²) in [5.41, 5.74) is 4.16. The van der Waals surface area contributed by atoms with Crippen LogP contribution < -0.4 is 11.3 Å². The smallest absolute Gasteiger partial charge is 0.0931 e. The summed E-state index contributed by atoms with van der Waals surface area (Å²) in [6, 6.07) is 6.15. The van der Waals surface area contributed by atoms with Crippen LogP contribution in [0.2, 0.25) is 4.34 Å². The van der Waals surface area contributed by atoms with Crippen molar-refractivity contribution >= 4 is 34.3 Å². The number of thiophene rings is 2. The lowest BCUT2D eigenvalue weighted by atomic mass is 10.2. The largest absolute Gasteiger partial charge is 0.271 e. The summed E-state index contributed by atoms with van der Waals surface area (Å²) in [7, 11) is 0. The molecular weight excluding hydrogens is 260 g/mol. The molecule has 86 valence electrons. The summed E-state index contributed by atoms with van der Waals surface area (Å²) in [4.78, 5) is 3.71. The molecule has 0 aliphatic heterocycles. The molecule has 0 saturated heterocycles. The first-order chi connectivity index (χ1) is 7.61. The Morgan fingerprint density at radius 1 is 1.25 bits per heavy atom. The van der Waals surface area contributed by atoms with Gasteiger partial charge in [-0.3, -0.25) is 5.84 Å². The molecule has 3 N–H and O–H groups in total. The molecule has 2 heterocycles. The third kappa shape index (κ3) is 2.31. The highest BCUT2D eigenvalue weighted by molar-refractivity contribution is 7.16. The zero-order chi connectivity index (χ0) is 11.7. The number of halogens is 1. The SMILES string of the molecule is Cc1cc(C(NN)c2ccc(Cl)s2)sc1C.